The molecule has 1 aromatic carbocycles. The topological polar surface area (TPSA) is 148 Å². The predicted molar refractivity (Wildman–Crippen MR) is 178 cm³/mol. The number of carbonyl (C=O) groups is 5. The zero-order valence-electron chi connectivity index (χ0n) is 28.1. The van der Waals surface area contributed by atoms with Crippen LogP contribution >= 0.6 is 0 Å². The summed E-state index contributed by atoms with van der Waals surface area (Å²) in [7, 11) is 0. The lowest BCUT2D eigenvalue weighted by molar-refractivity contribution is -0.136. The molecule has 4 fully saturated rings. The number of benzene rings is 1. The first-order valence-corrected chi connectivity index (χ1v) is 17.0. The first kappa shape index (κ1) is 32.2. The van der Waals surface area contributed by atoms with Gasteiger partial charge in [0.15, 0.2) is 0 Å². The van der Waals surface area contributed by atoms with Crippen molar-refractivity contribution in [3.8, 4) is 0 Å². The maximum absolute atomic E-state index is 13.3. The fourth-order valence-corrected chi connectivity index (χ4v) is 8.96. The second-order valence-corrected chi connectivity index (χ2v) is 15.2. The van der Waals surface area contributed by atoms with Crippen LogP contribution in [0.3, 0.4) is 0 Å². The van der Waals surface area contributed by atoms with Gasteiger partial charge in [-0.25, -0.2) is 9.97 Å². The molecule has 0 bridgehead atoms. The van der Waals surface area contributed by atoms with Crippen LogP contribution < -0.4 is 20.4 Å². The first-order chi connectivity index (χ1) is 22.8. The number of aromatic nitrogens is 2. The van der Waals surface area contributed by atoms with Crippen LogP contribution in [0.15, 0.2) is 30.6 Å². The number of carbonyl (C=O) groups excluding carboxylic acids is 5. The second-order valence-electron chi connectivity index (χ2n) is 15.2. The Morgan fingerprint density at radius 3 is 2.15 bits per heavy atom. The van der Waals surface area contributed by atoms with Gasteiger partial charge in [-0.05, 0) is 54.7 Å². The highest BCUT2D eigenvalue weighted by molar-refractivity contribution is 6.23. The van der Waals surface area contributed by atoms with Crippen LogP contribution in [0.2, 0.25) is 0 Å². The van der Waals surface area contributed by atoms with Crippen molar-refractivity contribution in [3.05, 3.63) is 47.4 Å². The first-order valence-electron chi connectivity index (χ1n) is 17.0. The van der Waals surface area contributed by atoms with E-state index in [2.05, 4.69) is 63.0 Å². The molecule has 1 saturated carbocycles. The monoisotopic (exact) mass is 656 g/mol. The lowest BCUT2D eigenvalue weighted by Crippen LogP contribution is -2.63. The summed E-state index contributed by atoms with van der Waals surface area (Å²) >= 11 is 0. The molecular weight excluding hydrogens is 612 g/mol. The molecule has 2 N–H and O–H groups in total. The summed E-state index contributed by atoms with van der Waals surface area (Å²) in [5.41, 5.74) is 1.97. The Bertz CT molecular complexity index is 1640. The lowest BCUT2D eigenvalue weighted by Gasteiger charge is -2.57. The molecule has 1 aromatic heterocycles. The van der Waals surface area contributed by atoms with Crippen LogP contribution in [-0.2, 0) is 9.59 Å². The fraction of sp³-hybridized carbons (Fsp3) is 0.571. The number of anilines is 2. The van der Waals surface area contributed by atoms with E-state index in [9.17, 15) is 24.0 Å². The van der Waals surface area contributed by atoms with Gasteiger partial charge in [0.25, 0.3) is 17.7 Å². The Kier molecular flexibility index (Phi) is 8.00. The third-order valence-corrected chi connectivity index (χ3v) is 11.0. The summed E-state index contributed by atoms with van der Waals surface area (Å²) in [4.78, 5) is 80.3. The molecule has 48 heavy (non-hydrogen) atoms. The zero-order valence-corrected chi connectivity index (χ0v) is 28.1. The van der Waals surface area contributed by atoms with Gasteiger partial charge >= 0.3 is 0 Å². The number of hydrogen-bond donors (Lipinski definition) is 2. The summed E-state index contributed by atoms with van der Waals surface area (Å²) in [6, 6.07) is 4.90. The highest BCUT2D eigenvalue weighted by Crippen LogP contribution is 2.53. The predicted octanol–water partition coefficient (Wildman–Crippen LogP) is 2.22. The van der Waals surface area contributed by atoms with Crippen LogP contribution in [0.25, 0.3) is 0 Å². The Labute approximate surface area is 280 Å². The Morgan fingerprint density at radius 1 is 0.833 bits per heavy atom. The molecule has 5 heterocycles. The molecule has 2 aromatic rings. The van der Waals surface area contributed by atoms with Crippen molar-refractivity contribution in [1.82, 2.24) is 30.4 Å². The molecule has 5 amide bonds. The number of fused-ring (bicyclic) bond motifs is 1. The highest BCUT2D eigenvalue weighted by atomic mass is 16.2. The molecular formula is C35H44N8O5. The molecule has 13 heteroatoms. The molecule has 5 aliphatic rings. The molecule has 13 nitrogen and oxygen atoms in total. The van der Waals surface area contributed by atoms with E-state index < -0.39 is 23.8 Å². The number of piperidine rings is 2. The molecule has 0 spiro atoms. The quantitative estimate of drug-likeness (QED) is 0.444. The molecule has 3 saturated heterocycles. The average molecular weight is 657 g/mol. The maximum Gasteiger partial charge on any atom is 0.271 e. The minimum atomic E-state index is -0.968. The third-order valence-electron chi connectivity index (χ3n) is 11.0. The van der Waals surface area contributed by atoms with Gasteiger partial charge in [0.05, 0.1) is 23.5 Å². The number of nitrogens with zero attached hydrogens (tertiary/aromatic N) is 6. The van der Waals surface area contributed by atoms with Crippen molar-refractivity contribution >= 4 is 41.0 Å². The summed E-state index contributed by atoms with van der Waals surface area (Å²) < 4.78 is 0. The largest absolute Gasteiger partial charge is 0.371 e. The van der Waals surface area contributed by atoms with Crippen LogP contribution in [0.5, 0.6) is 0 Å². The molecule has 1 aliphatic carbocycles. The minimum Gasteiger partial charge on any atom is -0.371 e. The summed E-state index contributed by atoms with van der Waals surface area (Å²) in [5, 5.41) is 5.42. The van der Waals surface area contributed by atoms with Gasteiger partial charge in [-0.3, -0.25) is 39.1 Å². The van der Waals surface area contributed by atoms with Crippen molar-refractivity contribution in [2.24, 2.45) is 10.8 Å². The van der Waals surface area contributed by atoms with Crippen LogP contribution in [0.4, 0.5) is 11.5 Å². The van der Waals surface area contributed by atoms with Crippen LogP contribution in [0, 0.1) is 10.8 Å². The second kappa shape index (κ2) is 11.9. The highest BCUT2D eigenvalue weighted by Gasteiger charge is 2.53. The molecule has 0 radical (unpaired) electrons. The number of piperazine rings is 1. The standard InChI is InChI=1S/C35H44N8O5/c1-34(2)20-35(3,4)33(34)39-29(45)25-18-37-27(19-36-25)42-15-13-41(14-16-42)21-9-11-40(12-10-21)22-5-6-23-24(17-22)32(48)43(31(23)47)26-7-8-28(44)38-30(26)46/h5-6,17-19,21,26,33H,7-16,20H2,1-4H3,(H,39,45)(H,38,44,46). The zero-order chi connectivity index (χ0) is 34.0. The van der Waals surface area contributed by atoms with Gasteiger partial charge in [0.2, 0.25) is 11.8 Å². The van der Waals surface area contributed by atoms with E-state index in [0.717, 1.165) is 74.9 Å². The fourth-order valence-electron chi connectivity index (χ4n) is 8.96. The van der Waals surface area contributed by atoms with Crippen molar-refractivity contribution in [1.29, 1.82) is 0 Å². The SMILES string of the molecule is CC1(C)CC(C)(C)C1NC(=O)c1cnc(N2CCN(C3CCN(c4ccc5c(c4)C(=O)N(C4CCC(=O)NC4=O)C5=O)CC3)CC2)cn1. The van der Waals surface area contributed by atoms with Crippen LogP contribution in [0.1, 0.15) is 91.0 Å². The number of rotatable bonds is 6. The Balaban J connectivity index is 0.902. The van der Waals surface area contributed by atoms with E-state index in [-0.39, 0.29) is 41.5 Å². The van der Waals surface area contributed by atoms with E-state index in [1.807, 2.05) is 6.07 Å². The summed E-state index contributed by atoms with van der Waals surface area (Å²) in [6.07, 6.45) is 6.54. The molecule has 1 atom stereocenters. The third kappa shape index (κ3) is 5.71. The van der Waals surface area contributed by atoms with Crippen molar-refractivity contribution in [3.63, 3.8) is 0 Å². The number of imide groups is 2. The smallest absolute Gasteiger partial charge is 0.271 e. The summed E-state index contributed by atoms with van der Waals surface area (Å²) in [5.74, 6) is -1.36. The minimum absolute atomic E-state index is 0.0654. The van der Waals surface area contributed by atoms with Gasteiger partial charge in [0, 0.05) is 63.5 Å². The van der Waals surface area contributed by atoms with E-state index >= 15 is 0 Å². The molecule has 254 valence electrons. The van der Waals surface area contributed by atoms with E-state index in [4.69, 9.17) is 0 Å². The van der Waals surface area contributed by atoms with Crippen molar-refractivity contribution in [2.45, 2.75) is 77.9 Å². The number of hydrogen-bond acceptors (Lipinski definition) is 10. The van der Waals surface area contributed by atoms with Crippen molar-refractivity contribution in [2.75, 3.05) is 49.1 Å². The van der Waals surface area contributed by atoms with Crippen LogP contribution in [-0.4, -0.2) is 107 Å². The normalized spacial score (nSPS) is 24.8. The average Bonchev–Trinajstić information content (AvgIpc) is 3.31. The van der Waals surface area contributed by atoms with Gasteiger partial charge in [-0.15, -0.1) is 0 Å². The Morgan fingerprint density at radius 2 is 1.52 bits per heavy atom. The van der Waals surface area contributed by atoms with E-state index in [0.29, 0.717) is 22.9 Å². The lowest BCUT2D eigenvalue weighted by atomic mass is 9.52. The van der Waals surface area contributed by atoms with Crippen molar-refractivity contribution < 1.29 is 24.0 Å². The van der Waals surface area contributed by atoms with Gasteiger partial charge in [0.1, 0.15) is 17.6 Å². The maximum atomic E-state index is 13.3. The summed E-state index contributed by atoms with van der Waals surface area (Å²) in [6.45, 7) is 13.9. The molecule has 4 aliphatic heterocycles. The van der Waals surface area contributed by atoms with Gasteiger partial charge in [-0.1, -0.05) is 27.7 Å². The van der Waals surface area contributed by atoms with Gasteiger partial charge in [-0.2, -0.15) is 0 Å². The molecule has 7 rings (SSSR count). The molecule has 1 unspecified atom stereocenters. The van der Waals surface area contributed by atoms with Gasteiger partial charge < -0.3 is 15.1 Å². The number of amides is 5. The Hall–Kier alpha value is -4.39. The van der Waals surface area contributed by atoms with E-state index in [1.54, 1.807) is 24.5 Å². The number of nitrogens with one attached hydrogen (secondary N) is 2. The van der Waals surface area contributed by atoms with E-state index in [1.165, 1.54) is 0 Å².